The Hall–Kier alpha value is -1.17. The zero-order valence-electron chi connectivity index (χ0n) is 8.51. The molecule has 0 saturated carbocycles. The first kappa shape index (κ1) is 10.9. The average Bonchev–Trinajstić information content (AvgIpc) is 2.26. The third kappa shape index (κ3) is 3.29. The van der Waals surface area contributed by atoms with Crippen LogP contribution >= 0.6 is 0 Å². The second kappa shape index (κ2) is 6.31. The van der Waals surface area contributed by atoms with E-state index in [1.54, 1.807) is 0 Å². The minimum atomic E-state index is 0.777. The van der Waals surface area contributed by atoms with Gasteiger partial charge in [0.1, 0.15) is 0 Å². The summed E-state index contributed by atoms with van der Waals surface area (Å²) < 4.78 is 0. The Morgan fingerprint density at radius 1 is 1.36 bits per heavy atom. The number of hydrogen-bond donors (Lipinski definition) is 1. The molecule has 1 N–H and O–H groups in total. The number of nitrogens with one attached hydrogen (secondary N) is 1. The van der Waals surface area contributed by atoms with Crippen LogP contribution in [0.3, 0.4) is 0 Å². The summed E-state index contributed by atoms with van der Waals surface area (Å²) in [5.74, 6) is 2.43. The Bertz CT molecular complexity index is 284. The molecule has 0 amide bonds. The van der Waals surface area contributed by atoms with Gasteiger partial charge in [0.25, 0.3) is 0 Å². The summed E-state index contributed by atoms with van der Waals surface area (Å²) in [4.78, 5) is 0. The van der Waals surface area contributed by atoms with Crippen molar-refractivity contribution in [3.63, 3.8) is 0 Å². The molecule has 0 aliphatic rings. The Morgan fingerprint density at radius 2 is 2.07 bits per heavy atom. The first-order chi connectivity index (χ1) is 6.88. The van der Waals surface area contributed by atoms with Gasteiger partial charge in [-0.15, -0.1) is 0 Å². The summed E-state index contributed by atoms with van der Waals surface area (Å²) in [6.07, 6.45) is 9.47. The van der Waals surface area contributed by atoms with Crippen molar-refractivity contribution in [3.05, 3.63) is 48.4 Å². The fourth-order valence-corrected chi connectivity index (χ4v) is 1.21. The number of unbranched alkanes of at least 4 members (excludes halogenated alkanes) is 1. The van der Waals surface area contributed by atoms with Crippen molar-refractivity contribution in [2.24, 2.45) is 0 Å². The molecule has 0 aliphatic heterocycles. The van der Waals surface area contributed by atoms with Crippen molar-refractivity contribution >= 4 is 0 Å². The quantitative estimate of drug-likeness (QED) is 0.422. The van der Waals surface area contributed by atoms with E-state index >= 15 is 0 Å². The third-order valence-electron chi connectivity index (χ3n) is 2.02. The van der Waals surface area contributed by atoms with E-state index in [4.69, 9.17) is 6.42 Å². The summed E-state index contributed by atoms with van der Waals surface area (Å²) in [7, 11) is 0. The Kier molecular flexibility index (Phi) is 4.92. The summed E-state index contributed by atoms with van der Waals surface area (Å²) in [5.41, 5.74) is 1.03. The van der Waals surface area contributed by atoms with Crippen LogP contribution in [0.15, 0.2) is 30.3 Å². The molecule has 1 aromatic carbocycles. The first-order valence-electron chi connectivity index (χ1n) is 4.97. The van der Waals surface area contributed by atoms with Crippen molar-refractivity contribution in [1.82, 2.24) is 5.32 Å². The van der Waals surface area contributed by atoms with Crippen LogP contribution in [0.25, 0.3) is 0 Å². The van der Waals surface area contributed by atoms with E-state index < -0.39 is 0 Å². The molecule has 0 heterocycles. The zero-order chi connectivity index (χ0) is 10.2. The molecule has 1 aromatic rings. The molecule has 1 heteroatoms. The molecule has 0 fully saturated rings. The second-order valence-corrected chi connectivity index (χ2v) is 3.15. The first-order valence-corrected chi connectivity index (χ1v) is 4.97. The van der Waals surface area contributed by atoms with E-state index in [1.165, 1.54) is 0 Å². The van der Waals surface area contributed by atoms with Crippen LogP contribution in [0.2, 0.25) is 0 Å². The van der Waals surface area contributed by atoms with Crippen LogP contribution < -0.4 is 5.32 Å². The van der Waals surface area contributed by atoms with Gasteiger partial charge in [-0.3, -0.25) is 0 Å². The minimum absolute atomic E-state index is 0.777. The molecule has 1 nitrogen and oxygen atoms in total. The maximum absolute atomic E-state index is 7.18. The number of rotatable bonds is 5. The topological polar surface area (TPSA) is 12.0 Å². The van der Waals surface area contributed by atoms with Gasteiger partial charge in [0, 0.05) is 0 Å². The molecule has 0 atom stereocenters. The van der Waals surface area contributed by atoms with Gasteiger partial charge in [-0.1, -0.05) is 0 Å². The molecule has 0 aromatic heterocycles. The van der Waals surface area contributed by atoms with Crippen LogP contribution in [0.4, 0.5) is 0 Å². The molecule has 0 saturated heterocycles. The zero-order valence-corrected chi connectivity index (χ0v) is 8.51. The van der Waals surface area contributed by atoms with Crippen LogP contribution in [0.5, 0.6) is 0 Å². The Labute approximate surface area is 86.5 Å². The van der Waals surface area contributed by atoms with Gasteiger partial charge in [0.05, 0.1) is 0 Å². The van der Waals surface area contributed by atoms with E-state index in [0.717, 1.165) is 31.0 Å². The molecule has 0 radical (unpaired) electrons. The van der Waals surface area contributed by atoms with Crippen LogP contribution in [-0.4, -0.2) is 6.54 Å². The molecule has 72 valence electrons. The van der Waals surface area contributed by atoms with Gasteiger partial charge in [0.15, 0.2) is 0 Å². The second-order valence-electron chi connectivity index (χ2n) is 3.15. The van der Waals surface area contributed by atoms with Crippen molar-refractivity contribution < 1.29 is 0 Å². The van der Waals surface area contributed by atoms with E-state index in [-0.39, 0.29) is 0 Å². The molecular formula is C13H15N. The average molecular weight is 185 g/mol. The van der Waals surface area contributed by atoms with Crippen LogP contribution in [-0.2, 0) is 0 Å². The molecule has 0 unspecified atom stereocenters. The number of benzene rings is 1. The van der Waals surface area contributed by atoms with Crippen LogP contribution in [0.1, 0.15) is 25.3 Å². The molecule has 14 heavy (non-hydrogen) atoms. The molecule has 0 spiro atoms. The van der Waals surface area contributed by atoms with Gasteiger partial charge < -0.3 is 0 Å². The predicted octanol–water partition coefficient (Wildman–Crippen LogP) is 2.55. The molecular weight excluding hydrogens is 170 g/mol. The van der Waals surface area contributed by atoms with Gasteiger partial charge in [0.2, 0.25) is 0 Å². The summed E-state index contributed by atoms with van der Waals surface area (Å²) in [6, 6.07) is 10.6. The fourth-order valence-electron chi connectivity index (χ4n) is 1.21. The standard InChI is InChI=1S/C13H15N/c1-3-5-11-14-13(4-2)12-9-7-6-8-10-12/h6-10,14H,3,5,11H2,1H3. The molecule has 0 bridgehead atoms. The third-order valence-corrected chi connectivity index (χ3v) is 2.02. The Balaban J connectivity index is 2.52. The van der Waals surface area contributed by atoms with Gasteiger partial charge in [-0.25, -0.2) is 0 Å². The summed E-state index contributed by atoms with van der Waals surface area (Å²) in [6.45, 7) is 3.06. The van der Waals surface area contributed by atoms with Crippen molar-refractivity contribution in [2.75, 3.05) is 6.54 Å². The summed E-state index contributed by atoms with van der Waals surface area (Å²) >= 11 is 0. The monoisotopic (exact) mass is 185 g/mol. The summed E-state index contributed by atoms with van der Waals surface area (Å²) in [5, 5.41) is 3.20. The van der Waals surface area contributed by atoms with E-state index in [0.29, 0.717) is 0 Å². The van der Waals surface area contributed by atoms with Gasteiger partial charge in [-0.2, -0.15) is 0 Å². The Morgan fingerprint density at radius 3 is 2.64 bits per heavy atom. The van der Waals surface area contributed by atoms with Crippen molar-refractivity contribution in [2.45, 2.75) is 19.8 Å². The predicted molar refractivity (Wildman–Crippen MR) is 58.8 cm³/mol. The van der Waals surface area contributed by atoms with Gasteiger partial charge in [-0.05, 0) is 0 Å². The normalized spacial score (nSPS) is 9.64. The van der Waals surface area contributed by atoms with Gasteiger partial charge >= 0.3 is 85.9 Å². The fraction of sp³-hybridized carbons (Fsp3) is 0.308. The van der Waals surface area contributed by atoms with Crippen molar-refractivity contribution in [3.8, 4) is 5.92 Å². The number of hydrogen-bond acceptors (Lipinski definition) is 1. The molecule has 1 rings (SSSR count). The van der Waals surface area contributed by atoms with E-state index in [9.17, 15) is 0 Å². The van der Waals surface area contributed by atoms with E-state index in [2.05, 4.69) is 18.2 Å². The molecule has 0 aliphatic carbocycles. The SMILES string of the molecule is [C+]#C[C-](NCCCC)c1ccccc1. The van der Waals surface area contributed by atoms with Crippen molar-refractivity contribution in [1.29, 1.82) is 0 Å². The maximum atomic E-state index is 7.18. The van der Waals surface area contributed by atoms with Crippen LogP contribution in [0, 0.1) is 18.4 Å². The van der Waals surface area contributed by atoms with E-state index in [1.807, 2.05) is 30.3 Å².